The van der Waals surface area contributed by atoms with E-state index < -0.39 is 21.4 Å². The molecule has 2 unspecified atom stereocenters. The first-order chi connectivity index (χ1) is 15.7. The molecule has 2 aliphatic rings. The van der Waals surface area contributed by atoms with E-state index in [1.165, 1.54) is 12.1 Å². The first-order valence-electron chi connectivity index (χ1n) is 10.7. The van der Waals surface area contributed by atoms with Crippen molar-refractivity contribution >= 4 is 39.0 Å². The maximum atomic E-state index is 14.8. The number of nitrogens with one attached hydrogen (secondary N) is 1. The Bertz CT molecular complexity index is 1300. The maximum absolute atomic E-state index is 14.8. The molecule has 2 aromatic rings. The molecule has 0 saturated heterocycles. The van der Waals surface area contributed by atoms with Gasteiger partial charge < -0.3 is 5.32 Å². The van der Waals surface area contributed by atoms with Crippen LogP contribution in [0.15, 0.2) is 59.2 Å². The highest BCUT2D eigenvalue weighted by molar-refractivity contribution is 7.90. The summed E-state index contributed by atoms with van der Waals surface area (Å²) in [6, 6.07) is 9.93. The molecule has 4 rings (SSSR count). The van der Waals surface area contributed by atoms with Crippen LogP contribution in [0.25, 0.3) is 5.57 Å². The standard InChI is InChI=1S/C25H24ClFN2O3S/c1-3-10-33(31,32)14-17-6-9-22(27)23(15(17)2)24(30)21-13-29-25-20(21)11-18(12-28-25)16-4-7-19(26)8-5-16/h4-9,11-13,20,25,29H,3,10,14H2,1-2H3. The number of nitrogens with zero attached hydrogens (tertiary/aromatic N) is 1. The van der Waals surface area contributed by atoms with Gasteiger partial charge in [0.2, 0.25) is 0 Å². The Kier molecular flexibility index (Phi) is 6.54. The molecule has 0 spiro atoms. The molecule has 2 atom stereocenters. The Morgan fingerprint density at radius 1 is 1.18 bits per heavy atom. The number of carbonyl (C=O) groups is 1. The summed E-state index contributed by atoms with van der Waals surface area (Å²) in [4.78, 5) is 18.0. The van der Waals surface area contributed by atoms with E-state index in [-0.39, 0.29) is 29.2 Å². The summed E-state index contributed by atoms with van der Waals surface area (Å²) >= 11 is 5.98. The molecule has 0 radical (unpaired) electrons. The lowest BCUT2D eigenvalue weighted by Crippen LogP contribution is -2.28. The number of carbonyl (C=O) groups excluding carboxylic acids is 1. The van der Waals surface area contributed by atoms with E-state index in [0.29, 0.717) is 28.1 Å². The number of allylic oxidation sites excluding steroid dienone is 1. The minimum absolute atomic E-state index is 0.0438. The fourth-order valence-electron chi connectivity index (χ4n) is 4.21. The van der Waals surface area contributed by atoms with Crippen molar-refractivity contribution in [2.45, 2.75) is 32.2 Å². The van der Waals surface area contributed by atoms with Crippen LogP contribution < -0.4 is 5.32 Å². The van der Waals surface area contributed by atoms with Gasteiger partial charge in [-0.2, -0.15) is 0 Å². The van der Waals surface area contributed by atoms with Crippen LogP contribution in [0.2, 0.25) is 5.02 Å². The number of sulfone groups is 1. The Morgan fingerprint density at radius 3 is 2.61 bits per heavy atom. The molecule has 2 aliphatic heterocycles. The van der Waals surface area contributed by atoms with Crippen LogP contribution in [0.4, 0.5) is 4.39 Å². The Morgan fingerprint density at radius 2 is 1.91 bits per heavy atom. The topological polar surface area (TPSA) is 75.6 Å². The Labute approximate surface area is 198 Å². The van der Waals surface area contributed by atoms with E-state index in [1.54, 1.807) is 38.4 Å². The van der Waals surface area contributed by atoms with Crippen molar-refractivity contribution in [3.05, 3.63) is 87.3 Å². The van der Waals surface area contributed by atoms with Gasteiger partial charge in [-0.25, -0.2) is 12.8 Å². The van der Waals surface area contributed by atoms with Gasteiger partial charge in [0.1, 0.15) is 12.0 Å². The van der Waals surface area contributed by atoms with E-state index in [4.69, 9.17) is 11.6 Å². The smallest absolute Gasteiger partial charge is 0.194 e. The zero-order valence-electron chi connectivity index (χ0n) is 18.3. The normalized spacial score (nSPS) is 19.5. The molecule has 5 nitrogen and oxygen atoms in total. The number of halogens is 2. The molecular weight excluding hydrogens is 463 g/mol. The number of Topliss-reactive ketones (excluding diaryl/α,β-unsaturated/α-hetero) is 1. The fourth-order valence-corrected chi connectivity index (χ4v) is 5.89. The van der Waals surface area contributed by atoms with Gasteiger partial charge >= 0.3 is 0 Å². The first-order valence-corrected chi connectivity index (χ1v) is 12.9. The van der Waals surface area contributed by atoms with Crippen LogP contribution in [0.1, 0.15) is 40.4 Å². The minimum atomic E-state index is -3.34. The van der Waals surface area contributed by atoms with Gasteiger partial charge in [0.25, 0.3) is 0 Å². The summed E-state index contributed by atoms with van der Waals surface area (Å²) in [6.45, 7) is 3.39. The number of benzene rings is 2. The first kappa shape index (κ1) is 23.4. The molecule has 0 aromatic heterocycles. The third kappa shape index (κ3) is 4.80. The predicted molar refractivity (Wildman–Crippen MR) is 130 cm³/mol. The van der Waals surface area contributed by atoms with Crippen LogP contribution in [0, 0.1) is 18.7 Å². The Hall–Kier alpha value is -2.77. The van der Waals surface area contributed by atoms with Crippen molar-refractivity contribution in [3.63, 3.8) is 0 Å². The number of hydrogen-bond acceptors (Lipinski definition) is 5. The largest absolute Gasteiger partial charge is 0.369 e. The van der Waals surface area contributed by atoms with Gasteiger partial charge in [0.15, 0.2) is 15.6 Å². The molecular formula is C25H24ClFN2O3S. The summed E-state index contributed by atoms with van der Waals surface area (Å²) in [5, 5.41) is 3.70. The average Bonchev–Trinajstić information content (AvgIpc) is 3.19. The van der Waals surface area contributed by atoms with Crippen LogP contribution in [-0.2, 0) is 15.6 Å². The molecule has 8 heteroatoms. The van der Waals surface area contributed by atoms with Gasteiger partial charge in [0, 0.05) is 28.9 Å². The van der Waals surface area contributed by atoms with Crippen molar-refractivity contribution in [2.75, 3.05) is 5.75 Å². The SMILES string of the molecule is CCCS(=O)(=O)Cc1ccc(F)c(C(=O)C2=CNC3N=CC(c4ccc(Cl)cc4)=CC23)c1C. The number of fused-ring (bicyclic) bond motifs is 1. The second-order valence-corrected chi connectivity index (χ2v) is 10.9. The molecule has 33 heavy (non-hydrogen) atoms. The average molecular weight is 487 g/mol. The number of hydrogen-bond donors (Lipinski definition) is 1. The second-order valence-electron chi connectivity index (χ2n) is 8.27. The lowest BCUT2D eigenvalue weighted by atomic mass is 9.86. The van der Waals surface area contributed by atoms with Crippen molar-refractivity contribution in [1.82, 2.24) is 5.32 Å². The molecule has 0 saturated carbocycles. The van der Waals surface area contributed by atoms with Crippen molar-refractivity contribution in [1.29, 1.82) is 0 Å². The lowest BCUT2D eigenvalue weighted by molar-refractivity contribution is 0.102. The Balaban J connectivity index is 1.66. The summed E-state index contributed by atoms with van der Waals surface area (Å²) < 4.78 is 39.5. The van der Waals surface area contributed by atoms with E-state index in [2.05, 4.69) is 10.3 Å². The molecule has 2 aromatic carbocycles. The number of rotatable bonds is 7. The maximum Gasteiger partial charge on any atom is 0.194 e. The van der Waals surface area contributed by atoms with E-state index >= 15 is 0 Å². The van der Waals surface area contributed by atoms with Crippen LogP contribution in [0.3, 0.4) is 0 Å². The molecule has 172 valence electrons. The highest BCUT2D eigenvalue weighted by atomic mass is 35.5. The monoisotopic (exact) mass is 486 g/mol. The highest BCUT2D eigenvalue weighted by Crippen LogP contribution is 2.34. The van der Waals surface area contributed by atoms with Gasteiger partial charge in [-0.15, -0.1) is 0 Å². The summed E-state index contributed by atoms with van der Waals surface area (Å²) in [5.74, 6) is -1.69. The summed E-state index contributed by atoms with van der Waals surface area (Å²) in [5.41, 5.74) is 2.83. The zero-order valence-corrected chi connectivity index (χ0v) is 19.9. The van der Waals surface area contributed by atoms with Crippen molar-refractivity contribution < 1.29 is 17.6 Å². The molecule has 2 heterocycles. The molecule has 0 amide bonds. The van der Waals surface area contributed by atoms with Gasteiger partial charge in [0.05, 0.1) is 17.1 Å². The van der Waals surface area contributed by atoms with Gasteiger partial charge in [-0.3, -0.25) is 9.79 Å². The van der Waals surface area contributed by atoms with E-state index in [0.717, 1.165) is 11.1 Å². The lowest BCUT2D eigenvalue weighted by Gasteiger charge is -2.22. The van der Waals surface area contributed by atoms with Crippen LogP contribution in [0.5, 0.6) is 0 Å². The van der Waals surface area contributed by atoms with Gasteiger partial charge in [-0.05, 0) is 53.8 Å². The van der Waals surface area contributed by atoms with E-state index in [9.17, 15) is 17.6 Å². The van der Waals surface area contributed by atoms with Gasteiger partial charge in [-0.1, -0.05) is 42.8 Å². The molecule has 1 N–H and O–H groups in total. The van der Waals surface area contributed by atoms with Crippen molar-refractivity contribution in [3.8, 4) is 0 Å². The van der Waals surface area contributed by atoms with Crippen LogP contribution in [-0.4, -0.2) is 32.3 Å². The predicted octanol–water partition coefficient (Wildman–Crippen LogP) is 4.89. The number of dihydropyridines is 1. The highest BCUT2D eigenvalue weighted by Gasteiger charge is 2.36. The molecule has 0 bridgehead atoms. The quantitative estimate of drug-likeness (QED) is 0.565. The van der Waals surface area contributed by atoms with E-state index in [1.807, 2.05) is 18.2 Å². The summed E-state index contributed by atoms with van der Waals surface area (Å²) in [6.07, 6.45) is 5.41. The second kappa shape index (κ2) is 9.23. The molecule has 0 aliphatic carbocycles. The third-order valence-electron chi connectivity index (χ3n) is 5.93. The van der Waals surface area contributed by atoms with Crippen molar-refractivity contribution in [2.24, 2.45) is 10.9 Å². The van der Waals surface area contributed by atoms with Crippen LogP contribution >= 0.6 is 11.6 Å². The number of aliphatic imine (C=N–C) groups is 1. The summed E-state index contributed by atoms with van der Waals surface area (Å²) in [7, 11) is -3.34. The third-order valence-corrected chi connectivity index (χ3v) is 7.96. The zero-order chi connectivity index (χ0) is 23.8. The number of ketones is 1. The fraction of sp³-hybridized carbons (Fsp3) is 0.280. The molecule has 0 fully saturated rings. The minimum Gasteiger partial charge on any atom is -0.369 e.